The first kappa shape index (κ1) is 79.1. The standard InChI is InChI=1S/C62H120O17P2/c1-5-9-13-17-21-25-27-28-29-33-37-41-45-49-62(67)79-58(53-73-60(65)47-43-39-35-32-26-22-18-14-10-6-2)55-77-81(70,71)75-51-56(63)50-74-80(68,69)76-54-57(78-61(66)48-44-40-36-31-24-20-16-12-8-4)52-72-59(64)46-42-38-34-30-23-19-15-11-7-3/h56-58,63H,5-55H2,1-4H3,(H,68,69)(H,70,71)/t56-,57+,58+/m0/s1. The number of carbonyl (C=O) groups is 4. The lowest BCUT2D eigenvalue weighted by atomic mass is 10.0. The molecule has 0 radical (unpaired) electrons. The average molecular weight is 1200 g/mol. The third-order valence-electron chi connectivity index (χ3n) is 14.4. The normalized spacial score (nSPS) is 14.2. The Morgan fingerprint density at radius 3 is 0.728 bits per heavy atom. The van der Waals surface area contributed by atoms with Crippen LogP contribution in [0, 0.1) is 0 Å². The molecule has 2 unspecified atom stereocenters. The van der Waals surface area contributed by atoms with E-state index in [0.717, 1.165) is 89.9 Å². The summed E-state index contributed by atoms with van der Waals surface area (Å²) in [5.41, 5.74) is 0. The van der Waals surface area contributed by atoms with Crippen LogP contribution in [0.2, 0.25) is 0 Å². The number of ether oxygens (including phenoxy) is 4. The van der Waals surface area contributed by atoms with Gasteiger partial charge in [0, 0.05) is 25.7 Å². The summed E-state index contributed by atoms with van der Waals surface area (Å²) < 4.78 is 67.8. The van der Waals surface area contributed by atoms with Gasteiger partial charge in [-0.3, -0.25) is 37.3 Å². The van der Waals surface area contributed by atoms with Crippen LogP contribution < -0.4 is 0 Å². The van der Waals surface area contributed by atoms with E-state index in [0.29, 0.717) is 25.7 Å². The van der Waals surface area contributed by atoms with E-state index >= 15 is 0 Å². The molecule has 0 heterocycles. The second kappa shape index (κ2) is 57.2. The van der Waals surface area contributed by atoms with Crippen LogP contribution in [0.15, 0.2) is 0 Å². The van der Waals surface area contributed by atoms with Crippen molar-refractivity contribution in [1.29, 1.82) is 0 Å². The van der Waals surface area contributed by atoms with Crippen LogP contribution in [0.4, 0.5) is 0 Å². The molecular weight excluding hydrogens is 1080 g/mol. The molecule has 3 N–H and O–H groups in total. The Labute approximate surface area is 492 Å². The quantitative estimate of drug-likeness (QED) is 0.0222. The van der Waals surface area contributed by atoms with E-state index in [9.17, 15) is 43.2 Å². The van der Waals surface area contributed by atoms with Crippen LogP contribution in [0.25, 0.3) is 0 Å². The minimum Gasteiger partial charge on any atom is -0.462 e. The summed E-state index contributed by atoms with van der Waals surface area (Å²) in [4.78, 5) is 72.0. The molecule has 0 aromatic heterocycles. The van der Waals surface area contributed by atoms with Gasteiger partial charge in [0.15, 0.2) is 12.2 Å². The van der Waals surface area contributed by atoms with Gasteiger partial charge in [0.05, 0.1) is 26.4 Å². The zero-order valence-electron chi connectivity index (χ0n) is 51.7. The zero-order valence-corrected chi connectivity index (χ0v) is 53.5. The zero-order chi connectivity index (χ0) is 59.8. The number of unbranched alkanes of at least 4 members (excludes halogenated alkanes) is 37. The highest BCUT2D eigenvalue weighted by atomic mass is 31.2. The Hall–Kier alpha value is -1.94. The molecule has 0 aromatic carbocycles. The summed E-state index contributed by atoms with van der Waals surface area (Å²) in [6.45, 7) is 4.85. The van der Waals surface area contributed by atoms with E-state index in [-0.39, 0.29) is 25.7 Å². The van der Waals surface area contributed by atoms with Crippen molar-refractivity contribution in [3.63, 3.8) is 0 Å². The lowest BCUT2D eigenvalue weighted by Crippen LogP contribution is -2.30. The smallest absolute Gasteiger partial charge is 0.462 e. The number of hydrogen-bond donors (Lipinski definition) is 3. The Kier molecular flexibility index (Phi) is 55.8. The van der Waals surface area contributed by atoms with Gasteiger partial charge in [0.1, 0.15) is 19.3 Å². The maximum absolute atomic E-state index is 12.9. The first-order chi connectivity index (χ1) is 39.2. The van der Waals surface area contributed by atoms with Gasteiger partial charge < -0.3 is 33.8 Å². The minimum atomic E-state index is -4.94. The van der Waals surface area contributed by atoms with Crippen LogP contribution in [0.3, 0.4) is 0 Å². The molecule has 0 saturated heterocycles. The summed E-state index contributed by atoms with van der Waals surface area (Å²) in [5, 5.41) is 10.5. The lowest BCUT2D eigenvalue weighted by molar-refractivity contribution is -0.161. The van der Waals surface area contributed by atoms with Gasteiger partial charge >= 0.3 is 39.5 Å². The molecule has 0 bridgehead atoms. The van der Waals surface area contributed by atoms with Crippen molar-refractivity contribution in [2.75, 3.05) is 39.6 Å². The Morgan fingerprint density at radius 2 is 0.494 bits per heavy atom. The van der Waals surface area contributed by atoms with E-state index < -0.39 is 97.5 Å². The molecule has 17 nitrogen and oxygen atoms in total. The van der Waals surface area contributed by atoms with Gasteiger partial charge in [-0.2, -0.15) is 0 Å². The van der Waals surface area contributed by atoms with Gasteiger partial charge in [-0.05, 0) is 25.7 Å². The Balaban J connectivity index is 5.22. The van der Waals surface area contributed by atoms with E-state index in [4.69, 9.17) is 37.0 Å². The van der Waals surface area contributed by atoms with E-state index in [1.807, 2.05) is 0 Å². The number of carbonyl (C=O) groups excluding carboxylic acids is 4. The molecule has 0 fully saturated rings. The summed E-state index contributed by atoms with van der Waals surface area (Å²) >= 11 is 0. The summed E-state index contributed by atoms with van der Waals surface area (Å²) in [6, 6.07) is 0. The van der Waals surface area contributed by atoms with Crippen molar-refractivity contribution in [1.82, 2.24) is 0 Å². The number of esters is 4. The molecule has 0 saturated carbocycles. The molecule has 0 aliphatic heterocycles. The van der Waals surface area contributed by atoms with Gasteiger partial charge in [-0.25, -0.2) is 9.13 Å². The predicted octanol–water partition coefficient (Wildman–Crippen LogP) is 17.2. The largest absolute Gasteiger partial charge is 0.472 e. The molecule has 0 aromatic rings. The number of phosphoric ester groups is 2. The molecule has 0 amide bonds. The van der Waals surface area contributed by atoms with Crippen molar-refractivity contribution in [3.8, 4) is 0 Å². The highest BCUT2D eigenvalue weighted by Gasteiger charge is 2.30. The molecular formula is C62H120O17P2. The second-order valence-electron chi connectivity index (χ2n) is 22.4. The molecule has 19 heteroatoms. The van der Waals surface area contributed by atoms with Crippen molar-refractivity contribution < 1.29 is 80.2 Å². The third-order valence-corrected chi connectivity index (χ3v) is 16.3. The molecule has 81 heavy (non-hydrogen) atoms. The topological polar surface area (TPSA) is 237 Å². The van der Waals surface area contributed by atoms with Crippen LogP contribution in [-0.2, 0) is 65.4 Å². The number of aliphatic hydroxyl groups excluding tert-OH is 1. The number of hydrogen-bond acceptors (Lipinski definition) is 15. The molecule has 5 atom stereocenters. The molecule has 480 valence electrons. The maximum Gasteiger partial charge on any atom is 0.472 e. The van der Waals surface area contributed by atoms with Crippen molar-refractivity contribution in [2.24, 2.45) is 0 Å². The monoisotopic (exact) mass is 1200 g/mol. The first-order valence-electron chi connectivity index (χ1n) is 32.8. The molecule has 0 aliphatic carbocycles. The Bertz CT molecular complexity index is 1570. The van der Waals surface area contributed by atoms with E-state index in [1.54, 1.807) is 0 Å². The average Bonchev–Trinajstić information content (AvgIpc) is 3.44. The van der Waals surface area contributed by atoms with E-state index in [1.165, 1.54) is 148 Å². The predicted molar refractivity (Wildman–Crippen MR) is 322 cm³/mol. The maximum atomic E-state index is 12.9. The fourth-order valence-corrected chi connectivity index (χ4v) is 10.9. The fraction of sp³-hybridized carbons (Fsp3) is 0.935. The molecule has 0 aliphatic rings. The molecule has 0 rings (SSSR count). The molecule has 0 spiro atoms. The van der Waals surface area contributed by atoms with Gasteiger partial charge in [-0.1, -0.05) is 265 Å². The summed E-state index contributed by atoms with van der Waals surface area (Å²) in [7, 11) is -9.87. The summed E-state index contributed by atoms with van der Waals surface area (Å²) in [5.74, 6) is -2.14. The van der Waals surface area contributed by atoms with Crippen LogP contribution in [0.5, 0.6) is 0 Å². The van der Waals surface area contributed by atoms with E-state index in [2.05, 4.69) is 27.7 Å². The minimum absolute atomic E-state index is 0.106. The third kappa shape index (κ3) is 56.9. The first-order valence-corrected chi connectivity index (χ1v) is 35.8. The van der Waals surface area contributed by atoms with Crippen LogP contribution >= 0.6 is 15.6 Å². The number of rotatable bonds is 63. The lowest BCUT2D eigenvalue weighted by Gasteiger charge is -2.21. The van der Waals surface area contributed by atoms with Gasteiger partial charge in [0.25, 0.3) is 0 Å². The second-order valence-corrected chi connectivity index (χ2v) is 25.4. The highest BCUT2D eigenvalue weighted by molar-refractivity contribution is 7.47. The van der Waals surface area contributed by atoms with Crippen molar-refractivity contribution in [3.05, 3.63) is 0 Å². The Morgan fingerprint density at radius 1 is 0.296 bits per heavy atom. The number of aliphatic hydroxyl groups is 1. The summed E-state index contributed by atoms with van der Waals surface area (Å²) in [6.07, 6.45) is 41.6. The van der Waals surface area contributed by atoms with Crippen molar-refractivity contribution in [2.45, 2.75) is 335 Å². The fourth-order valence-electron chi connectivity index (χ4n) is 9.28. The van der Waals surface area contributed by atoms with Gasteiger partial charge in [0.2, 0.25) is 0 Å². The van der Waals surface area contributed by atoms with Crippen LogP contribution in [0.1, 0.15) is 317 Å². The number of phosphoric acid groups is 2. The van der Waals surface area contributed by atoms with Crippen LogP contribution in [-0.4, -0.2) is 96.7 Å². The van der Waals surface area contributed by atoms with Crippen molar-refractivity contribution >= 4 is 39.5 Å². The van der Waals surface area contributed by atoms with Gasteiger partial charge in [-0.15, -0.1) is 0 Å². The highest BCUT2D eigenvalue weighted by Crippen LogP contribution is 2.45. The SMILES string of the molecule is CCCCCCCCCCCCCCCC(=O)O[C@H](COC(=O)CCCCCCCCCCCC)COP(=O)(O)OC[C@@H](O)COP(=O)(O)OC[C@@H](COC(=O)CCCCCCCCCCC)OC(=O)CCCCCCCCCCC.